The third kappa shape index (κ3) is 7.78. The summed E-state index contributed by atoms with van der Waals surface area (Å²) in [5.41, 5.74) is 5.15. The molecule has 1 atom stereocenters. The summed E-state index contributed by atoms with van der Waals surface area (Å²) >= 11 is 0. The van der Waals surface area contributed by atoms with E-state index in [0.29, 0.717) is 6.42 Å². The highest BCUT2D eigenvalue weighted by atomic mass is 16.1. The number of unbranched alkanes of at least 4 members (excludes halogenated alkanes) is 2. The molecule has 0 aliphatic rings. The smallest absolute Gasteiger partial charge is 0.218 e. The first-order valence-electron chi connectivity index (χ1n) is 5.22. The summed E-state index contributed by atoms with van der Waals surface area (Å²) in [6.07, 6.45) is 5.17. The van der Waals surface area contributed by atoms with Gasteiger partial charge in [-0.2, -0.15) is 0 Å². The van der Waals surface area contributed by atoms with E-state index in [2.05, 4.69) is 12.2 Å². The van der Waals surface area contributed by atoms with Crippen LogP contribution in [0.25, 0.3) is 0 Å². The molecule has 0 heterocycles. The average Bonchev–Trinajstić information content (AvgIpc) is 2.04. The Morgan fingerprint density at radius 3 is 2.54 bits per heavy atom. The lowest BCUT2D eigenvalue weighted by Crippen LogP contribution is -2.33. The number of primary amides is 1. The molecule has 0 saturated heterocycles. The van der Waals surface area contributed by atoms with Gasteiger partial charge in [-0.25, -0.2) is 0 Å². The maximum Gasteiger partial charge on any atom is 0.218 e. The number of rotatable bonds is 8. The van der Waals surface area contributed by atoms with Crippen molar-refractivity contribution in [3.8, 4) is 0 Å². The van der Waals surface area contributed by atoms with Crippen molar-refractivity contribution in [3.63, 3.8) is 0 Å². The van der Waals surface area contributed by atoms with Gasteiger partial charge in [0.25, 0.3) is 0 Å². The Labute approximate surface area is 81.1 Å². The lowest BCUT2D eigenvalue weighted by molar-refractivity contribution is -0.118. The van der Waals surface area contributed by atoms with Gasteiger partial charge in [0.1, 0.15) is 0 Å². The van der Waals surface area contributed by atoms with Crippen LogP contribution in [0.5, 0.6) is 0 Å². The summed E-state index contributed by atoms with van der Waals surface area (Å²) in [4.78, 5) is 10.7. The van der Waals surface area contributed by atoms with Crippen LogP contribution in [0.15, 0.2) is 0 Å². The zero-order valence-corrected chi connectivity index (χ0v) is 8.81. The molecule has 3 heteroatoms. The van der Waals surface area contributed by atoms with Crippen LogP contribution in [-0.4, -0.2) is 18.5 Å². The normalized spacial score (nSPS) is 12.8. The SMILES string of the molecule is CCCCCC(CC(N)=O)NCC. The van der Waals surface area contributed by atoms with Crippen molar-refractivity contribution in [3.05, 3.63) is 0 Å². The zero-order chi connectivity index (χ0) is 10.1. The highest BCUT2D eigenvalue weighted by Gasteiger charge is 2.09. The average molecular weight is 186 g/mol. The minimum absolute atomic E-state index is 0.206. The minimum Gasteiger partial charge on any atom is -0.370 e. The Hall–Kier alpha value is -0.570. The highest BCUT2D eigenvalue weighted by Crippen LogP contribution is 2.05. The minimum atomic E-state index is -0.206. The molecule has 0 spiro atoms. The van der Waals surface area contributed by atoms with Crippen LogP contribution < -0.4 is 11.1 Å². The molecule has 0 aliphatic heterocycles. The van der Waals surface area contributed by atoms with Gasteiger partial charge in [0.05, 0.1) is 0 Å². The van der Waals surface area contributed by atoms with Crippen LogP contribution in [0.3, 0.4) is 0 Å². The van der Waals surface area contributed by atoms with Gasteiger partial charge >= 0.3 is 0 Å². The van der Waals surface area contributed by atoms with Gasteiger partial charge in [0.15, 0.2) is 0 Å². The van der Waals surface area contributed by atoms with E-state index < -0.39 is 0 Å². The molecule has 1 unspecified atom stereocenters. The molecule has 0 fully saturated rings. The molecule has 3 N–H and O–H groups in total. The highest BCUT2D eigenvalue weighted by molar-refractivity contribution is 5.74. The van der Waals surface area contributed by atoms with Crippen molar-refractivity contribution in [1.29, 1.82) is 0 Å². The first kappa shape index (κ1) is 12.4. The molecule has 0 aromatic rings. The number of carbonyl (C=O) groups is 1. The number of hydrogen-bond acceptors (Lipinski definition) is 2. The maximum absolute atomic E-state index is 10.7. The van der Waals surface area contributed by atoms with E-state index >= 15 is 0 Å². The van der Waals surface area contributed by atoms with Gasteiger partial charge < -0.3 is 11.1 Å². The second-order valence-electron chi connectivity index (χ2n) is 3.42. The summed E-state index contributed by atoms with van der Waals surface area (Å²) in [6, 6.07) is 0.286. The quantitative estimate of drug-likeness (QED) is 0.563. The van der Waals surface area contributed by atoms with Gasteiger partial charge in [-0.3, -0.25) is 4.79 Å². The molecule has 1 amide bonds. The predicted molar refractivity (Wildman–Crippen MR) is 55.4 cm³/mol. The van der Waals surface area contributed by atoms with Crippen molar-refractivity contribution in [2.24, 2.45) is 5.73 Å². The van der Waals surface area contributed by atoms with E-state index in [4.69, 9.17) is 5.73 Å². The number of amides is 1. The topological polar surface area (TPSA) is 55.1 Å². The van der Waals surface area contributed by atoms with E-state index in [1.807, 2.05) is 6.92 Å². The zero-order valence-electron chi connectivity index (χ0n) is 8.81. The van der Waals surface area contributed by atoms with Crippen molar-refractivity contribution in [2.75, 3.05) is 6.54 Å². The van der Waals surface area contributed by atoms with E-state index in [0.717, 1.165) is 13.0 Å². The largest absolute Gasteiger partial charge is 0.370 e. The third-order valence-corrected chi connectivity index (χ3v) is 2.10. The molecule has 78 valence electrons. The van der Waals surface area contributed by atoms with Gasteiger partial charge in [0, 0.05) is 12.5 Å². The summed E-state index contributed by atoms with van der Waals surface area (Å²) in [5, 5.41) is 3.27. The predicted octanol–water partition coefficient (Wildman–Crippen LogP) is 1.42. The summed E-state index contributed by atoms with van der Waals surface area (Å²) in [5.74, 6) is -0.206. The van der Waals surface area contributed by atoms with Crippen LogP contribution in [0.1, 0.15) is 46.0 Å². The van der Waals surface area contributed by atoms with Crippen molar-refractivity contribution >= 4 is 5.91 Å². The number of carbonyl (C=O) groups excluding carboxylic acids is 1. The van der Waals surface area contributed by atoms with Crippen LogP contribution in [0.4, 0.5) is 0 Å². The first-order valence-corrected chi connectivity index (χ1v) is 5.22. The second-order valence-corrected chi connectivity index (χ2v) is 3.42. The maximum atomic E-state index is 10.7. The van der Waals surface area contributed by atoms with E-state index in [-0.39, 0.29) is 11.9 Å². The Morgan fingerprint density at radius 1 is 1.38 bits per heavy atom. The Kier molecular flexibility index (Phi) is 7.69. The van der Waals surface area contributed by atoms with Gasteiger partial charge in [-0.1, -0.05) is 33.1 Å². The van der Waals surface area contributed by atoms with Crippen LogP contribution >= 0.6 is 0 Å². The number of hydrogen-bond donors (Lipinski definition) is 2. The van der Waals surface area contributed by atoms with Crippen LogP contribution in [0.2, 0.25) is 0 Å². The first-order chi connectivity index (χ1) is 6.20. The second kappa shape index (κ2) is 8.05. The Morgan fingerprint density at radius 2 is 2.08 bits per heavy atom. The fourth-order valence-electron chi connectivity index (χ4n) is 1.45. The van der Waals surface area contributed by atoms with Gasteiger partial charge in [0.2, 0.25) is 5.91 Å². The number of nitrogens with two attached hydrogens (primary N) is 1. The molecule has 0 saturated carbocycles. The Bertz CT molecular complexity index is 137. The molecule has 0 aromatic heterocycles. The molecule has 0 aromatic carbocycles. The molecular weight excluding hydrogens is 164 g/mol. The standard InChI is InChI=1S/C10H22N2O/c1-3-5-6-7-9(12-4-2)8-10(11)13/h9,12H,3-8H2,1-2H3,(H2,11,13). The monoisotopic (exact) mass is 186 g/mol. The third-order valence-electron chi connectivity index (χ3n) is 2.10. The molecule has 13 heavy (non-hydrogen) atoms. The molecular formula is C10H22N2O. The van der Waals surface area contributed by atoms with Gasteiger partial charge in [-0.05, 0) is 13.0 Å². The Balaban J connectivity index is 3.59. The van der Waals surface area contributed by atoms with Crippen molar-refractivity contribution < 1.29 is 4.79 Å². The number of nitrogens with one attached hydrogen (secondary N) is 1. The molecule has 0 bridgehead atoms. The lowest BCUT2D eigenvalue weighted by Gasteiger charge is -2.15. The molecule has 3 nitrogen and oxygen atoms in total. The fourth-order valence-corrected chi connectivity index (χ4v) is 1.45. The van der Waals surface area contributed by atoms with E-state index in [1.54, 1.807) is 0 Å². The van der Waals surface area contributed by atoms with Gasteiger partial charge in [-0.15, -0.1) is 0 Å². The summed E-state index contributed by atoms with van der Waals surface area (Å²) in [6.45, 7) is 5.13. The summed E-state index contributed by atoms with van der Waals surface area (Å²) in [7, 11) is 0. The van der Waals surface area contributed by atoms with Crippen LogP contribution in [0, 0.1) is 0 Å². The molecule has 0 rings (SSSR count). The lowest BCUT2D eigenvalue weighted by atomic mass is 10.1. The van der Waals surface area contributed by atoms with Crippen molar-refractivity contribution in [2.45, 2.75) is 52.0 Å². The fraction of sp³-hybridized carbons (Fsp3) is 0.900. The van der Waals surface area contributed by atoms with E-state index in [1.165, 1.54) is 19.3 Å². The summed E-state index contributed by atoms with van der Waals surface area (Å²) < 4.78 is 0. The molecule has 0 aliphatic carbocycles. The molecule has 0 radical (unpaired) electrons. The van der Waals surface area contributed by atoms with Crippen molar-refractivity contribution in [1.82, 2.24) is 5.32 Å². The van der Waals surface area contributed by atoms with E-state index in [9.17, 15) is 4.79 Å². The van der Waals surface area contributed by atoms with Crippen LogP contribution in [-0.2, 0) is 4.79 Å².